The molecule has 23 heavy (non-hydrogen) atoms. The van der Waals surface area contributed by atoms with Gasteiger partial charge in [0, 0.05) is 16.8 Å². The minimum Gasteiger partial charge on any atom is -0.355 e. The number of fused-ring (bicyclic) bond motifs is 3. The number of carbonyl (C=O) groups is 1. The monoisotopic (exact) mass is 349 g/mol. The Balaban J connectivity index is 1.86. The molecule has 2 aromatic rings. The number of carbonyl (C=O) groups excluding carboxylic acids is 1. The predicted molar refractivity (Wildman–Crippen MR) is 97.3 cm³/mol. The topological polar surface area (TPSA) is 54.9 Å². The fourth-order valence-electron chi connectivity index (χ4n) is 2.82. The fourth-order valence-corrected chi connectivity index (χ4v) is 5.24. The van der Waals surface area contributed by atoms with Gasteiger partial charge in [0.05, 0.1) is 5.25 Å². The smallest absolute Gasteiger partial charge is 0.233 e. The number of thiophene rings is 1. The van der Waals surface area contributed by atoms with Crippen molar-refractivity contribution in [3.8, 4) is 0 Å². The summed E-state index contributed by atoms with van der Waals surface area (Å²) < 4.78 is 0. The molecular formula is C17H23N3OS2. The maximum atomic E-state index is 12.3. The molecule has 1 aliphatic carbocycles. The molecule has 0 spiro atoms. The quantitative estimate of drug-likeness (QED) is 0.660. The van der Waals surface area contributed by atoms with Gasteiger partial charge in [-0.25, -0.2) is 9.97 Å². The van der Waals surface area contributed by atoms with Crippen LogP contribution in [-0.4, -0.2) is 27.7 Å². The molecule has 0 saturated heterocycles. The maximum absolute atomic E-state index is 12.3. The van der Waals surface area contributed by atoms with Crippen molar-refractivity contribution >= 4 is 39.2 Å². The van der Waals surface area contributed by atoms with Crippen LogP contribution in [0.15, 0.2) is 5.03 Å². The number of amides is 1. The zero-order valence-corrected chi connectivity index (χ0v) is 15.7. The van der Waals surface area contributed by atoms with Gasteiger partial charge < -0.3 is 5.32 Å². The Morgan fingerprint density at radius 1 is 1.30 bits per heavy atom. The summed E-state index contributed by atoms with van der Waals surface area (Å²) in [6.07, 6.45) is 3.49. The molecule has 1 atom stereocenters. The van der Waals surface area contributed by atoms with Gasteiger partial charge in [-0.15, -0.1) is 11.3 Å². The summed E-state index contributed by atoms with van der Waals surface area (Å²) in [5, 5.41) is 5.03. The van der Waals surface area contributed by atoms with Crippen LogP contribution in [0.1, 0.15) is 43.5 Å². The number of nitrogens with zero attached hydrogens (tertiary/aromatic N) is 2. The van der Waals surface area contributed by atoms with E-state index in [9.17, 15) is 4.79 Å². The normalized spacial score (nSPS) is 15.2. The molecule has 1 N–H and O–H groups in total. The highest BCUT2D eigenvalue weighted by atomic mass is 32.2. The molecule has 0 fully saturated rings. The van der Waals surface area contributed by atoms with Crippen molar-refractivity contribution in [3.63, 3.8) is 0 Å². The third-order valence-electron chi connectivity index (χ3n) is 3.99. The lowest BCUT2D eigenvalue weighted by Gasteiger charge is -2.14. The van der Waals surface area contributed by atoms with E-state index in [1.165, 1.54) is 22.2 Å². The molecule has 0 saturated carbocycles. The Bertz CT molecular complexity index is 739. The van der Waals surface area contributed by atoms with Gasteiger partial charge >= 0.3 is 0 Å². The van der Waals surface area contributed by atoms with Crippen LogP contribution in [0.2, 0.25) is 0 Å². The summed E-state index contributed by atoms with van der Waals surface area (Å²) in [5.74, 6) is 1.33. The van der Waals surface area contributed by atoms with Crippen molar-refractivity contribution in [1.29, 1.82) is 0 Å². The van der Waals surface area contributed by atoms with Crippen LogP contribution in [0.4, 0.5) is 0 Å². The summed E-state index contributed by atoms with van der Waals surface area (Å²) >= 11 is 3.36. The second-order valence-electron chi connectivity index (χ2n) is 6.51. The van der Waals surface area contributed by atoms with Crippen LogP contribution in [0.5, 0.6) is 0 Å². The number of rotatable bonds is 5. The first kappa shape index (κ1) is 16.7. The molecule has 124 valence electrons. The van der Waals surface area contributed by atoms with E-state index in [1.54, 1.807) is 23.1 Å². The van der Waals surface area contributed by atoms with Crippen molar-refractivity contribution < 1.29 is 4.79 Å². The van der Waals surface area contributed by atoms with E-state index in [0.29, 0.717) is 5.92 Å². The van der Waals surface area contributed by atoms with E-state index in [-0.39, 0.29) is 11.2 Å². The highest BCUT2D eigenvalue weighted by Gasteiger charge is 2.24. The van der Waals surface area contributed by atoms with Gasteiger partial charge in [0.2, 0.25) is 5.91 Å². The average molecular weight is 350 g/mol. The van der Waals surface area contributed by atoms with Gasteiger partial charge in [-0.1, -0.05) is 25.6 Å². The Morgan fingerprint density at radius 2 is 2.09 bits per heavy atom. The zero-order valence-electron chi connectivity index (χ0n) is 14.1. The van der Waals surface area contributed by atoms with Crippen LogP contribution in [0.25, 0.3) is 10.2 Å². The van der Waals surface area contributed by atoms with Crippen LogP contribution in [0, 0.1) is 12.8 Å². The Morgan fingerprint density at radius 3 is 2.83 bits per heavy atom. The minimum atomic E-state index is -0.150. The van der Waals surface area contributed by atoms with Gasteiger partial charge in [0.1, 0.15) is 15.7 Å². The van der Waals surface area contributed by atoms with Crippen molar-refractivity contribution in [2.24, 2.45) is 5.92 Å². The fraction of sp³-hybridized carbons (Fsp3) is 0.588. The second kappa shape index (κ2) is 6.77. The lowest BCUT2D eigenvalue weighted by molar-refractivity contribution is -0.120. The van der Waals surface area contributed by atoms with Gasteiger partial charge in [-0.05, 0) is 44.6 Å². The molecule has 6 heteroatoms. The van der Waals surface area contributed by atoms with E-state index >= 15 is 0 Å². The predicted octanol–water partition coefficient (Wildman–Crippen LogP) is 3.74. The second-order valence-corrected chi connectivity index (χ2v) is 8.93. The third kappa shape index (κ3) is 3.53. The average Bonchev–Trinajstić information content (AvgIpc) is 3.04. The third-order valence-corrected chi connectivity index (χ3v) is 6.26. The van der Waals surface area contributed by atoms with E-state index in [0.717, 1.165) is 35.1 Å². The molecule has 4 nitrogen and oxygen atoms in total. The van der Waals surface area contributed by atoms with E-state index in [2.05, 4.69) is 29.1 Å². The van der Waals surface area contributed by atoms with Gasteiger partial charge in [-0.2, -0.15) is 0 Å². The van der Waals surface area contributed by atoms with Crippen molar-refractivity contribution in [2.45, 2.75) is 57.2 Å². The molecule has 1 amide bonds. The first-order chi connectivity index (χ1) is 11.0. The highest BCUT2D eigenvalue weighted by Crippen LogP contribution is 2.41. The zero-order chi connectivity index (χ0) is 16.6. The van der Waals surface area contributed by atoms with Crippen LogP contribution >= 0.6 is 23.1 Å². The summed E-state index contributed by atoms with van der Waals surface area (Å²) in [7, 11) is 0. The number of hydrogen-bond acceptors (Lipinski definition) is 5. The van der Waals surface area contributed by atoms with Gasteiger partial charge in [0.15, 0.2) is 0 Å². The van der Waals surface area contributed by atoms with E-state index in [4.69, 9.17) is 0 Å². The van der Waals surface area contributed by atoms with E-state index < -0.39 is 0 Å². The lowest BCUT2D eigenvalue weighted by Crippen LogP contribution is -2.33. The Labute approximate surface area is 145 Å². The molecule has 2 heterocycles. The van der Waals surface area contributed by atoms with Gasteiger partial charge in [-0.3, -0.25) is 4.79 Å². The van der Waals surface area contributed by atoms with Crippen LogP contribution < -0.4 is 5.32 Å². The largest absolute Gasteiger partial charge is 0.355 e. The maximum Gasteiger partial charge on any atom is 0.233 e. The Hall–Kier alpha value is -1.14. The first-order valence-corrected chi connectivity index (χ1v) is 9.88. The van der Waals surface area contributed by atoms with Crippen LogP contribution in [0.3, 0.4) is 0 Å². The summed E-state index contributed by atoms with van der Waals surface area (Å²) in [5.41, 5.74) is 1.42. The minimum absolute atomic E-state index is 0.0833. The number of aryl methyl sites for hydroxylation is 3. The molecule has 3 rings (SSSR count). The molecule has 0 radical (unpaired) electrons. The van der Waals surface area contributed by atoms with E-state index in [1.807, 2.05) is 13.8 Å². The molecule has 0 bridgehead atoms. The number of aromatic nitrogens is 2. The number of nitrogens with one attached hydrogen (secondary N) is 1. The number of hydrogen-bond donors (Lipinski definition) is 1. The Kier molecular flexibility index (Phi) is 4.92. The molecule has 0 unspecified atom stereocenters. The molecule has 0 aliphatic heterocycles. The molecule has 0 aromatic carbocycles. The standard InChI is InChI=1S/C17H23N3OS2/c1-9(2)8-18-15(21)10(3)22-16-14-12-6-5-7-13(12)23-17(14)20-11(4)19-16/h9-10H,5-8H2,1-4H3,(H,18,21)/t10-/m0/s1. The lowest BCUT2D eigenvalue weighted by atomic mass is 10.2. The SMILES string of the molecule is Cc1nc(S[C@@H](C)C(=O)NCC(C)C)c2c3c(sc2n1)CCC3. The molecule has 2 aromatic heterocycles. The molecule has 1 aliphatic rings. The highest BCUT2D eigenvalue weighted by molar-refractivity contribution is 8.00. The van der Waals surface area contributed by atoms with Gasteiger partial charge in [0.25, 0.3) is 0 Å². The number of thioether (sulfide) groups is 1. The first-order valence-electron chi connectivity index (χ1n) is 8.19. The van der Waals surface area contributed by atoms with Crippen molar-refractivity contribution in [1.82, 2.24) is 15.3 Å². The summed E-state index contributed by atoms with van der Waals surface area (Å²) in [6.45, 7) is 8.80. The summed E-state index contributed by atoms with van der Waals surface area (Å²) in [4.78, 5) is 24.1. The van der Waals surface area contributed by atoms with Crippen molar-refractivity contribution in [3.05, 3.63) is 16.3 Å². The van der Waals surface area contributed by atoms with Crippen LogP contribution in [-0.2, 0) is 17.6 Å². The van der Waals surface area contributed by atoms with Crippen molar-refractivity contribution in [2.75, 3.05) is 6.54 Å². The molecular weight excluding hydrogens is 326 g/mol. The summed E-state index contributed by atoms with van der Waals surface area (Å²) in [6, 6.07) is 0.